The molecule has 0 radical (unpaired) electrons. The second-order valence-electron chi connectivity index (χ2n) is 4.14. The number of fused-ring (bicyclic) bond motifs is 1. The molecule has 0 bridgehead atoms. The van der Waals surface area contributed by atoms with Crippen molar-refractivity contribution in [3.05, 3.63) is 42.1 Å². The maximum atomic E-state index is 12.6. The lowest BCUT2D eigenvalue weighted by atomic mass is 10.1. The Kier molecular flexibility index (Phi) is 2.63. The summed E-state index contributed by atoms with van der Waals surface area (Å²) in [5.41, 5.74) is 5.91. The van der Waals surface area contributed by atoms with E-state index in [0.717, 1.165) is 12.1 Å². The Labute approximate surface area is 111 Å². The lowest BCUT2D eigenvalue weighted by molar-refractivity contribution is -0.137. The molecular weight excluding hydrogens is 271 g/mol. The summed E-state index contributed by atoms with van der Waals surface area (Å²) >= 11 is 0. The van der Waals surface area contributed by atoms with Crippen molar-refractivity contribution in [3.63, 3.8) is 0 Å². The number of benzene rings is 1. The van der Waals surface area contributed by atoms with Crippen molar-refractivity contribution in [1.82, 2.24) is 9.97 Å². The van der Waals surface area contributed by atoms with Crippen LogP contribution in [0.4, 0.5) is 18.9 Å². The zero-order valence-electron chi connectivity index (χ0n) is 9.98. The van der Waals surface area contributed by atoms with Crippen LogP contribution in [-0.2, 0) is 6.18 Å². The predicted molar refractivity (Wildman–Crippen MR) is 66.7 cm³/mol. The largest absolute Gasteiger partial charge is 0.434 e. The van der Waals surface area contributed by atoms with Crippen molar-refractivity contribution in [2.24, 2.45) is 0 Å². The summed E-state index contributed by atoms with van der Waals surface area (Å²) < 4.78 is 43.1. The van der Waals surface area contributed by atoms with Gasteiger partial charge in [-0.25, -0.2) is 4.98 Å². The molecule has 4 nitrogen and oxygen atoms in total. The van der Waals surface area contributed by atoms with Gasteiger partial charge < -0.3 is 10.2 Å². The van der Waals surface area contributed by atoms with E-state index in [9.17, 15) is 13.2 Å². The summed E-state index contributed by atoms with van der Waals surface area (Å²) in [7, 11) is 0. The van der Waals surface area contributed by atoms with Crippen molar-refractivity contribution in [2.45, 2.75) is 6.18 Å². The smallest absolute Gasteiger partial charge is 0.416 e. The van der Waals surface area contributed by atoms with Crippen molar-refractivity contribution in [1.29, 1.82) is 0 Å². The summed E-state index contributed by atoms with van der Waals surface area (Å²) in [5, 5.41) is 0. The molecule has 3 aromatic rings. The average Bonchev–Trinajstić information content (AvgIpc) is 2.80. The van der Waals surface area contributed by atoms with E-state index >= 15 is 0 Å². The molecule has 1 aromatic carbocycles. The lowest BCUT2D eigenvalue weighted by Gasteiger charge is -2.08. The topological polar surface area (TPSA) is 64.9 Å². The van der Waals surface area contributed by atoms with Crippen molar-refractivity contribution in [3.8, 4) is 11.5 Å². The SMILES string of the molecule is Nc1cc(C(F)(F)F)ccc1-c1nc2ncccc2o1. The highest BCUT2D eigenvalue weighted by atomic mass is 19.4. The zero-order valence-corrected chi connectivity index (χ0v) is 9.98. The summed E-state index contributed by atoms with van der Waals surface area (Å²) in [4.78, 5) is 8.08. The van der Waals surface area contributed by atoms with Gasteiger partial charge >= 0.3 is 6.18 Å². The maximum absolute atomic E-state index is 12.6. The van der Waals surface area contributed by atoms with Crippen molar-refractivity contribution >= 4 is 16.9 Å². The zero-order chi connectivity index (χ0) is 14.3. The number of hydrogen-bond acceptors (Lipinski definition) is 4. The maximum Gasteiger partial charge on any atom is 0.416 e. The molecule has 2 aromatic heterocycles. The number of nitrogens with two attached hydrogens (primary N) is 1. The molecule has 0 saturated heterocycles. The van der Waals surface area contributed by atoms with E-state index in [0.29, 0.717) is 16.8 Å². The second kappa shape index (κ2) is 4.22. The first-order valence-electron chi connectivity index (χ1n) is 5.64. The third-order valence-electron chi connectivity index (χ3n) is 2.77. The van der Waals surface area contributed by atoms with E-state index in [2.05, 4.69) is 9.97 Å². The summed E-state index contributed by atoms with van der Waals surface area (Å²) in [6.07, 6.45) is -2.89. The number of nitrogen functional groups attached to an aromatic ring is 1. The van der Waals surface area contributed by atoms with E-state index in [1.54, 1.807) is 18.3 Å². The van der Waals surface area contributed by atoms with Crippen LogP contribution in [0.2, 0.25) is 0 Å². The van der Waals surface area contributed by atoms with Crippen molar-refractivity contribution in [2.75, 3.05) is 5.73 Å². The Hall–Kier alpha value is -2.57. The molecule has 0 atom stereocenters. The fourth-order valence-electron chi connectivity index (χ4n) is 1.82. The molecule has 2 heterocycles. The normalized spacial score (nSPS) is 11.9. The van der Waals surface area contributed by atoms with Gasteiger partial charge in [-0.1, -0.05) is 0 Å². The molecule has 0 unspecified atom stereocenters. The molecule has 102 valence electrons. The van der Waals surface area contributed by atoms with Crippen molar-refractivity contribution < 1.29 is 17.6 Å². The third kappa shape index (κ3) is 2.07. The van der Waals surface area contributed by atoms with E-state index in [1.807, 2.05) is 0 Å². The van der Waals surface area contributed by atoms with Crippen LogP contribution in [0.25, 0.3) is 22.7 Å². The highest BCUT2D eigenvalue weighted by Crippen LogP contribution is 2.34. The Bertz CT molecular complexity index is 747. The van der Waals surface area contributed by atoms with Gasteiger partial charge in [0.05, 0.1) is 11.1 Å². The molecule has 7 heteroatoms. The van der Waals surface area contributed by atoms with Crippen LogP contribution in [-0.4, -0.2) is 9.97 Å². The van der Waals surface area contributed by atoms with Gasteiger partial charge in [0, 0.05) is 11.9 Å². The van der Waals surface area contributed by atoms with E-state index < -0.39 is 11.7 Å². The fraction of sp³-hybridized carbons (Fsp3) is 0.0769. The number of pyridine rings is 1. The Morgan fingerprint density at radius 1 is 1.15 bits per heavy atom. The first kappa shape index (κ1) is 12.5. The third-order valence-corrected chi connectivity index (χ3v) is 2.77. The van der Waals surface area contributed by atoms with Crippen LogP contribution in [0.1, 0.15) is 5.56 Å². The molecule has 0 aliphatic carbocycles. The summed E-state index contributed by atoms with van der Waals surface area (Å²) in [5.74, 6) is 0.143. The fourth-order valence-corrected chi connectivity index (χ4v) is 1.82. The minimum absolute atomic E-state index is 0.0496. The van der Waals surface area contributed by atoms with Crippen LogP contribution in [0.3, 0.4) is 0 Å². The molecule has 3 rings (SSSR count). The summed E-state index contributed by atoms with van der Waals surface area (Å²) in [6, 6.07) is 6.38. The molecule has 0 spiro atoms. The van der Waals surface area contributed by atoms with Crippen LogP contribution >= 0.6 is 0 Å². The van der Waals surface area contributed by atoms with Crippen LogP contribution < -0.4 is 5.73 Å². The highest BCUT2D eigenvalue weighted by molar-refractivity contribution is 5.77. The number of anilines is 1. The van der Waals surface area contributed by atoms with Crippen LogP contribution in [0, 0.1) is 0 Å². The molecule has 0 aliphatic rings. The predicted octanol–water partition coefficient (Wildman–Crippen LogP) is 3.49. The number of alkyl halides is 3. The summed E-state index contributed by atoms with van der Waals surface area (Å²) in [6.45, 7) is 0. The minimum Gasteiger partial charge on any atom is -0.434 e. The van der Waals surface area contributed by atoms with Gasteiger partial charge in [0.1, 0.15) is 0 Å². The number of halogens is 3. The Morgan fingerprint density at radius 2 is 1.95 bits per heavy atom. The van der Waals surface area contributed by atoms with Gasteiger partial charge in [0.2, 0.25) is 5.89 Å². The number of hydrogen-bond donors (Lipinski definition) is 1. The van der Waals surface area contributed by atoms with Gasteiger partial charge in [0.15, 0.2) is 11.2 Å². The van der Waals surface area contributed by atoms with Crippen LogP contribution in [0.15, 0.2) is 40.9 Å². The van der Waals surface area contributed by atoms with Crippen LogP contribution in [0.5, 0.6) is 0 Å². The van der Waals surface area contributed by atoms with Gasteiger partial charge in [-0.15, -0.1) is 0 Å². The number of nitrogens with zero attached hydrogens (tertiary/aromatic N) is 2. The molecule has 0 aliphatic heterocycles. The minimum atomic E-state index is -4.44. The van der Waals surface area contributed by atoms with Gasteiger partial charge in [-0.3, -0.25) is 0 Å². The standard InChI is InChI=1S/C13H8F3N3O/c14-13(15,16)7-3-4-8(9(17)6-7)12-19-11-10(20-12)2-1-5-18-11/h1-6H,17H2. The highest BCUT2D eigenvalue weighted by Gasteiger charge is 2.31. The molecule has 20 heavy (non-hydrogen) atoms. The quantitative estimate of drug-likeness (QED) is 0.692. The first-order valence-corrected chi connectivity index (χ1v) is 5.64. The lowest BCUT2D eigenvalue weighted by Crippen LogP contribution is -2.06. The average molecular weight is 279 g/mol. The molecular formula is C13H8F3N3O. The molecule has 0 amide bonds. The second-order valence-corrected chi connectivity index (χ2v) is 4.14. The number of aromatic nitrogens is 2. The van der Waals surface area contributed by atoms with Gasteiger partial charge in [-0.05, 0) is 30.3 Å². The molecule has 0 fully saturated rings. The Morgan fingerprint density at radius 3 is 2.60 bits per heavy atom. The van der Waals surface area contributed by atoms with E-state index in [1.165, 1.54) is 6.07 Å². The molecule has 2 N–H and O–H groups in total. The number of rotatable bonds is 1. The van der Waals surface area contributed by atoms with E-state index in [-0.39, 0.29) is 11.6 Å². The Balaban J connectivity index is 2.10. The van der Waals surface area contributed by atoms with Gasteiger partial charge in [-0.2, -0.15) is 18.2 Å². The first-order chi connectivity index (χ1) is 9.45. The van der Waals surface area contributed by atoms with Gasteiger partial charge in [0.25, 0.3) is 0 Å². The monoisotopic (exact) mass is 279 g/mol. The van der Waals surface area contributed by atoms with E-state index in [4.69, 9.17) is 10.2 Å². The number of oxazole rings is 1. The molecule has 0 saturated carbocycles.